The summed E-state index contributed by atoms with van der Waals surface area (Å²) < 4.78 is 4.90. The molecule has 0 spiro atoms. The molecule has 8 nitrogen and oxygen atoms in total. The first-order valence-electron chi connectivity index (χ1n) is 7.77. The van der Waals surface area contributed by atoms with Gasteiger partial charge in [0.1, 0.15) is 0 Å². The van der Waals surface area contributed by atoms with Crippen molar-refractivity contribution in [2.75, 3.05) is 26.0 Å². The van der Waals surface area contributed by atoms with Crippen molar-refractivity contribution in [2.45, 2.75) is 6.29 Å². The SMILES string of the molecule is COCCNC(=O)CSC1=NNC2NC(=O)C=C(c3ccccc3)N12. The fraction of sp³-hybridized carbons (Fsp3) is 0.312. The number of fused-ring (bicyclic) bond motifs is 1. The molecule has 0 saturated heterocycles. The van der Waals surface area contributed by atoms with Gasteiger partial charge >= 0.3 is 0 Å². The third-order valence-electron chi connectivity index (χ3n) is 3.58. The predicted octanol–water partition coefficient (Wildman–Crippen LogP) is 0.113. The monoisotopic (exact) mass is 361 g/mol. The summed E-state index contributed by atoms with van der Waals surface area (Å²) in [7, 11) is 1.59. The number of ether oxygens (including phenoxy) is 1. The number of carbonyl (C=O) groups excluding carboxylic acids is 2. The van der Waals surface area contributed by atoms with Crippen LogP contribution in [0.25, 0.3) is 5.70 Å². The minimum Gasteiger partial charge on any atom is -0.383 e. The smallest absolute Gasteiger partial charge is 0.249 e. The van der Waals surface area contributed by atoms with Crippen molar-refractivity contribution in [3.8, 4) is 0 Å². The molecule has 3 N–H and O–H groups in total. The summed E-state index contributed by atoms with van der Waals surface area (Å²) in [6.45, 7) is 0.943. The summed E-state index contributed by atoms with van der Waals surface area (Å²) in [6.07, 6.45) is 1.08. The number of amides is 2. The molecule has 2 aliphatic rings. The first-order valence-corrected chi connectivity index (χ1v) is 8.76. The molecule has 3 rings (SSSR count). The van der Waals surface area contributed by atoms with E-state index in [1.807, 2.05) is 35.2 Å². The summed E-state index contributed by atoms with van der Waals surface area (Å²) in [5.41, 5.74) is 4.53. The van der Waals surface area contributed by atoms with Crippen LogP contribution in [0.15, 0.2) is 41.5 Å². The van der Waals surface area contributed by atoms with Gasteiger partial charge in [0, 0.05) is 19.7 Å². The number of hydrogen-bond donors (Lipinski definition) is 3. The Morgan fingerprint density at radius 3 is 2.96 bits per heavy atom. The molecule has 0 fully saturated rings. The van der Waals surface area contributed by atoms with Crippen LogP contribution in [0.4, 0.5) is 0 Å². The molecule has 0 bridgehead atoms. The third-order valence-corrected chi connectivity index (χ3v) is 4.54. The molecule has 0 radical (unpaired) electrons. The third kappa shape index (κ3) is 4.12. The average Bonchev–Trinajstić information content (AvgIpc) is 3.03. The van der Waals surface area contributed by atoms with Gasteiger partial charge in [0.2, 0.25) is 11.8 Å². The van der Waals surface area contributed by atoms with Crippen molar-refractivity contribution in [2.24, 2.45) is 5.10 Å². The van der Waals surface area contributed by atoms with Crippen LogP contribution in [0.5, 0.6) is 0 Å². The van der Waals surface area contributed by atoms with Gasteiger partial charge in [-0.05, 0) is 5.56 Å². The molecule has 1 unspecified atom stereocenters. The van der Waals surface area contributed by atoms with Gasteiger partial charge in [0.15, 0.2) is 11.5 Å². The zero-order valence-electron chi connectivity index (χ0n) is 13.7. The van der Waals surface area contributed by atoms with Crippen LogP contribution in [0.2, 0.25) is 0 Å². The number of rotatable bonds is 6. The quantitative estimate of drug-likeness (QED) is 0.623. The maximum absolute atomic E-state index is 11.9. The lowest BCUT2D eigenvalue weighted by atomic mass is 10.1. The number of amidine groups is 1. The van der Waals surface area contributed by atoms with E-state index in [1.165, 1.54) is 17.8 Å². The lowest BCUT2D eigenvalue weighted by Crippen LogP contribution is -2.54. The Morgan fingerprint density at radius 2 is 2.20 bits per heavy atom. The Bertz CT molecular complexity index is 707. The van der Waals surface area contributed by atoms with Crippen molar-refractivity contribution in [3.05, 3.63) is 42.0 Å². The number of methoxy groups -OCH3 is 1. The van der Waals surface area contributed by atoms with Crippen molar-refractivity contribution in [1.29, 1.82) is 0 Å². The van der Waals surface area contributed by atoms with Gasteiger partial charge in [-0.2, -0.15) is 5.10 Å². The van der Waals surface area contributed by atoms with Crippen molar-refractivity contribution in [3.63, 3.8) is 0 Å². The Kier molecular flexibility index (Phi) is 5.56. The molecule has 1 aromatic carbocycles. The maximum Gasteiger partial charge on any atom is 0.249 e. The van der Waals surface area contributed by atoms with E-state index in [0.29, 0.717) is 18.3 Å². The molecule has 0 saturated carbocycles. The minimum atomic E-state index is -0.452. The standard InChI is InChI=1S/C16H19N5O3S/c1-24-8-7-17-14(23)10-25-16-20-19-15-18-13(22)9-12(21(15)16)11-5-3-2-4-6-11/h2-6,9,15,19H,7-8,10H2,1H3,(H,17,23)(H,18,22). The first-order chi connectivity index (χ1) is 12.2. The second-order valence-corrected chi connectivity index (χ2v) is 6.27. The Hall–Kier alpha value is -2.52. The van der Waals surface area contributed by atoms with E-state index in [0.717, 1.165) is 11.3 Å². The number of thioether (sulfide) groups is 1. The molecule has 0 aromatic heterocycles. The van der Waals surface area contributed by atoms with Crippen LogP contribution in [0.1, 0.15) is 5.56 Å². The Labute approximate surface area is 149 Å². The highest BCUT2D eigenvalue weighted by Crippen LogP contribution is 2.29. The van der Waals surface area contributed by atoms with Crippen LogP contribution in [-0.4, -0.2) is 54.2 Å². The van der Waals surface area contributed by atoms with Crippen LogP contribution >= 0.6 is 11.8 Å². The maximum atomic E-state index is 11.9. The molecule has 1 aromatic rings. The molecule has 0 aliphatic carbocycles. The lowest BCUT2D eigenvalue weighted by molar-refractivity contribution is -0.119. The largest absolute Gasteiger partial charge is 0.383 e. The van der Waals surface area contributed by atoms with E-state index in [9.17, 15) is 9.59 Å². The van der Waals surface area contributed by atoms with Crippen molar-refractivity contribution in [1.82, 2.24) is 21.0 Å². The zero-order chi connectivity index (χ0) is 17.6. The number of hydrazone groups is 1. The fourth-order valence-corrected chi connectivity index (χ4v) is 3.28. The molecule has 25 heavy (non-hydrogen) atoms. The molecule has 2 heterocycles. The summed E-state index contributed by atoms with van der Waals surface area (Å²) in [6, 6.07) is 9.60. The van der Waals surface area contributed by atoms with Gasteiger partial charge in [-0.25, -0.2) is 0 Å². The molecular weight excluding hydrogens is 342 g/mol. The summed E-state index contributed by atoms with van der Waals surface area (Å²) in [5.74, 6) is -0.0606. The van der Waals surface area contributed by atoms with E-state index < -0.39 is 6.29 Å². The highest BCUT2D eigenvalue weighted by Gasteiger charge is 2.36. The molecular formula is C16H19N5O3S. The topological polar surface area (TPSA) is 95.1 Å². The fourth-order valence-electron chi connectivity index (χ4n) is 2.45. The summed E-state index contributed by atoms with van der Waals surface area (Å²) >= 11 is 1.30. The van der Waals surface area contributed by atoms with E-state index in [2.05, 4.69) is 21.2 Å². The molecule has 9 heteroatoms. The van der Waals surface area contributed by atoms with Gasteiger partial charge in [0.25, 0.3) is 0 Å². The average molecular weight is 361 g/mol. The lowest BCUT2D eigenvalue weighted by Gasteiger charge is -2.32. The summed E-state index contributed by atoms with van der Waals surface area (Å²) in [4.78, 5) is 25.7. The van der Waals surface area contributed by atoms with Crippen LogP contribution in [-0.2, 0) is 14.3 Å². The molecule has 2 aliphatic heterocycles. The van der Waals surface area contributed by atoms with Gasteiger partial charge in [-0.1, -0.05) is 42.1 Å². The van der Waals surface area contributed by atoms with Crippen LogP contribution < -0.4 is 16.1 Å². The summed E-state index contributed by atoms with van der Waals surface area (Å²) in [5, 5.41) is 10.4. The normalized spacial score (nSPS) is 18.7. The van der Waals surface area contributed by atoms with E-state index in [4.69, 9.17) is 4.74 Å². The van der Waals surface area contributed by atoms with Crippen LogP contribution in [0, 0.1) is 0 Å². The number of carbonyl (C=O) groups is 2. The van der Waals surface area contributed by atoms with Crippen LogP contribution in [0.3, 0.4) is 0 Å². The second-order valence-electron chi connectivity index (χ2n) is 5.33. The van der Waals surface area contributed by atoms with Gasteiger partial charge in [-0.3, -0.25) is 19.9 Å². The number of nitrogens with zero attached hydrogens (tertiary/aromatic N) is 2. The van der Waals surface area contributed by atoms with E-state index in [-0.39, 0.29) is 17.6 Å². The van der Waals surface area contributed by atoms with Gasteiger partial charge in [-0.15, -0.1) is 0 Å². The Morgan fingerprint density at radius 1 is 1.40 bits per heavy atom. The predicted molar refractivity (Wildman–Crippen MR) is 96.1 cm³/mol. The van der Waals surface area contributed by atoms with E-state index >= 15 is 0 Å². The van der Waals surface area contributed by atoms with Crippen molar-refractivity contribution < 1.29 is 14.3 Å². The number of nitrogens with one attached hydrogen (secondary N) is 3. The second kappa shape index (κ2) is 8.04. The highest BCUT2D eigenvalue weighted by molar-refractivity contribution is 8.14. The molecule has 2 amide bonds. The molecule has 1 atom stereocenters. The number of hydrogen-bond acceptors (Lipinski definition) is 7. The van der Waals surface area contributed by atoms with Crippen molar-refractivity contribution >= 4 is 34.4 Å². The van der Waals surface area contributed by atoms with Gasteiger partial charge < -0.3 is 15.4 Å². The zero-order valence-corrected chi connectivity index (χ0v) is 14.5. The van der Waals surface area contributed by atoms with Gasteiger partial charge in [0.05, 0.1) is 18.1 Å². The first kappa shape index (κ1) is 17.3. The van der Waals surface area contributed by atoms with E-state index in [1.54, 1.807) is 7.11 Å². The molecule has 132 valence electrons. The minimum absolute atomic E-state index is 0.0977. The highest BCUT2D eigenvalue weighted by atomic mass is 32.2. The number of benzene rings is 1. The Balaban J connectivity index is 1.69.